The number of hydrogen-bond donors (Lipinski definition) is 2. The lowest BCUT2D eigenvalue weighted by Gasteiger charge is -2.19. The van der Waals surface area contributed by atoms with Gasteiger partial charge in [0.05, 0.1) is 11.3 Å². The number of aromatic carboxylic acids is 1. The Morgan fingerprint density at radius 1 is 0.821 bits per heavy atom. The van der Waals surface area contributed by atoms with Crippen molar-refractivity contribution < 1.29 is 24.2 Å². The first-order valence-corrected chi connectivity index (χ1v) is 8.75. The van der Waals surface area contributed by atoms with Crippen molar-refractivity contribution in [2.45, 2.75) is 0 Å². The van der Waals surface area contributed by atoms with E-state index in [-0.39, 0.29) is 11.3 Å². The summed E-state index contributed by atoms with van der Waals surface area (Å²) in [5.74, 6) is -0.461. The molecule has 0 fully saturated rings. The lowest BCUT2D eigenvalue weighted by molar-refractivity contribution is 0.0698. The molecular formula is C22H17NO5. The van der Waals surface area contributed by atoms with Crippen LogP contribution in [0.2, 0.25) is 0 Å². The molecule has 1 aliphatic heterocycles. The van der Waals surface area contributed by atoms with Crippen LogP contribution in [0.3, 0.4) is 0 Å². The number of carbonyl (C=O) groups is 2. The van der Waals surface area contributed by atoms with Crippen molar-refractivity contribution in [3.8, 4) is 22.6 Å². The monoisotopic (exact) mass is 375 g/mol. The van der Waals surface area contributed by atoms with Crippen molar-refractivity contribution >= 4 is 17.6 Å². The fourth-order valence-electron chi connectivity index (χ4n) is 3.02. The van der Waals surface area contributed by atoms with Gasteiger partial charge in [0.1, 0.15) is 13.2 Å². The average Bonchev–Trinajstić information content (AvgIpc) is 2.73. The van der Waals surface area contributed by atoms with Gasteiger partial charge in [-0.15, -0.1) is 0 Å². The zero-order valence-electron chi connectivity index (χ0n) is 14.8. The van der Waals surface area contributed by atoms with E-state index in [1.165, 1.54) is 6.07 Å². The SMILES string of the molecule is O=C(Nc1cc(-c2ccccc2)ccc1C(=O)O)c1ccc2c(c1)OCCO2. The summed E-state index contributed by atoms with van der Waals surface area (Å²) in [6.45, 7) is 0.882. The van der Waals surface area contributed by atoms with Crippen LogP contribution in [0.5, 0.6) is 11.5 Å². The van der Waals surface area contributed by atoms with E-state index in [0.717, 1.165) is 11.1 Å². The minimum atomic E-state index is -1.11. The highest BCUT2D eigenvalue weighted by Gasteiger charge is 2.18. The van der Waals surface area contributed by atoms with E-state index in [9.17, 15) is 14.7 Å². The first kappa shape index (κ1) is 17.6. The molecule has 3 aromatic rings. The molecule has 2 N–H and O–H groups in total. The smallest absolute Gasteiger partial charge is 0.337 e. The number of benzene rings is 3. The zero-order chi connectivity index (χ0) is 19.5. The molecule has 3 aromatic carbocycles. The quantitative estimate of drug-likeness (QED) is 0.718. The van der Waals surface area contributed by atoms with Crippen molar-refractivity contribution in [1.82, 2.24) is 0 Å². The third-order valence-corrected chi connectivity index (χ3v) is 4.41. The van der Waals surface area contributed by atoms with Crippen molar-refractivity contribution in [2.24, 2.45) is 0 Å². The Morgan fingerprint density at radius 3 is 2.32 bits per heavy atom. The van der Waals surface area contributed by atoms with Crippen LogP contribution in [-0.2, 0) is 0 Å². The zero-order valence-corrected chi connectivity index (χ0v) is 14.8. The molecule has 1 aliphatic rings. The Bertz CT molecular complexity index is 1050. The van der Waals surface area contributed by atoms with E-state index in [1.807, 2.05) is 30.3 Å². The van der Waals surface area contributed by atoms with E-state index in [4.69, 9.17) is 9.47 Å². The number of ether oxygens (including phenoxy) is 2. The summed E-state index contributed by atoms with van der Waals surface area (Å²) >= 11 is 0. The summed E-state index contributed by atoms with van der Waals surface area (Å²) in [5.41, 5.74) is 2.34. The van der Waals surface area contributed by atoms with E-state index >= 15 is 0 Å². The number of carboxylic acid groups (broad SMARTS) is 1. The fraction of sp³-hybridized carbons (Fsp3) is 0.0909. The molecule has 0 radical (unpaired) electrons. The summed E-state index contributed by atoms with van der Waals surface area (Å²) in [7, 11) is 0. The third-order valence-electron chi connectivity index (χ3n) is 4.41. The normalized spacial score (nSPS) is 12.3. The average molecular weight is 375 g/mol. The topological polar surface area (TPSA) is 84.9 Å². The summed E-state index contributed by atoms with van der Waals surface area (Å²) < 4.78 is 11.0. The highest BCUT2D eigenvalue weighted by atomic mass is 16.6. The molecule has 0 aromatic heterocycles. The van der Waals surface area contributed by atoms with Crippen LogP contribution in [0.25, 0.3) is 11.1 Å². The Labute approximate surface area is 161 Å². The van der Waals surface area contributed by atoms with Gasteiger partial charge in [-0.1, -0.05) is 36.4 Å². The van der Waals surface area contributed by atoms with Gasteiger partial charge in [0, 0.05) is 5.56 Å². The first-order valence-electron chi connectivity index (χ1n) is 8.75. The van der Waals surface area contributed by atoms with Gasteiger partial charge in [-0.2, -0.15) is 0 Å². The summed E-state index contributed by atoms with van der Waals surface area (Å²) in [5, 5.41) is 12.2. The van der Waals surface area contributed by atoms with E-state index < -0.39 is 11.9 Å². The summed E-state index contributed by atoms with van der Waals surface area (Å²) in [4.78, 5) is 24.3. The number of carboxylic acids is 1. The largest absolute Gasteiger partial charge is 0.486 e. The molecule has 6 heteroatoms. The van der Waals surface area contributed by atoms with Gasteiger partial charge in [0.25, 0.3) is 5.91 Å². The molecule has 0 unspecified atom stereocenters. The fourth-order valence-corrected chi connectivity index (χ4v) is 3.02. The predicted molar refractivity (Wildman–Crippen MR) is 104 cm³/mol. The van der Waals surface area contributed by atoms with Crippen LogP contribution in [0, 0.1) is 0 Å². The molecule has 1 heterocycles. The second-order valence-electron chi connectivity index (χ2n) is 6.24. The van der Waals surface area contributed by atoms with Gasteiger partial charge >= 0.3 is 5.97 Å². The van der Waals surface area contributed by atoms with Crippen molar-refractivity contribution in [3.05, 3.63) is 77.9 Å². The summed E-state index contributed by atoms with van der Waals surface area (Å²) in [6.07, 6.45) is 0. The number of nitrogens with one attached hydrogen (secondary N) is 1. The number of carbonyl (C=O) groups excluding carboxylic acids is 1. The Balaban J connectivity index is 1.66. The standard InChI is InChI=1S/C22H17NO5/c24-21(16-7-9-19-20(13-16)28-11-10-27-19)23-18-12-15(6-8-17(18)22(25)26)14-4-2-1-3-5-14/h1-9,12-13H,10-11H2,(H,23,24)(H,25,26). The molecule has 0 atom stereocenters. The second-order valence-corrected chi connectivity index (χ2v) is 6.24. The van der Waals surface area contributed by atoms with E-state index in [1.54, 1.807) is 30.3 Å². The highest BCUT2D eigenvalue weighted by molar-refractivity contribution is 6.08. The first-order chi connectivity index (χ1) is 13.6. The molecule has 28 heavy (non-hydrogen) atoms. The number of anilines is 1. The third kappa shape index (κ3) is 3.53. The van der Waals surface area contributed by atoms with Crippen LogP contribution in [-0.4, -0.2) is 30.2 Å². The maximum Gasteiger partial charge on any atom is 0.337 e. The molecule has 0 bridgehead atoms. The molecule has 1 amide bonds. The lowest BCUT2D eigenvalue weighted by atomic mass is 10.0. The van der Waals surface area contributed by atoms with Gasteiger partial charge < -0.3 is 19.9 Å². The number of amides is 1. The van der Waals surface area contributed by atoms with Gasteiger partial charge in [-0.25, -0.2) is 4.79 Å². The van der Waals surface area contributed by atoms with Gasteiger partial charge in [-0.05, 0) is 41.5 Å². The predicted octanol–water partition coefficient (Wildman–Crippen LogP) is 4.08. The maximum absolute atomic E-state index is 12.7. The van der Waals surface area contributed by atoms with Crippen LogP contribution in [0.4, 0.5) is 5.69 Å². The van der Waals surface area contributed by atoms with Gasteiger partial charge in [0.2, 0.25) is 0 Å². The molecule has 0 saturated heterocycles. The maximum atomic E-state index is 12.7. The van der Waals surface area contributed by atoms with Crippen LogP contribution in [0.1, 0.15) is 20.7 Å². The minimum absolute atomic E-state index is 0.0191. The molecular weight excluding hydrogens is 358 g/mol. The molecule has 140 valence electrons. The lowest BCUT2D eigenvalue weighted by Crippen LogP contribution is -2.18. The van der Waals surface area contributed by atoms with Gasteiger partial charge in [0.15, 0.2) is 11.5 Å². The number of rotatable bonds is 4. The summed E-state index contributed by atoms with van der Waals surface area (Å²) in [6, 6.07) is 19.3. The highest BCUT2D eigenvalue weighted by Crippen LogP contribution is 2.31. The van der Waals surface area contributed by atoms with Crippen LogP contribution < -0.4 is 14.8 Å². The van der Waals surface area contributed by atoms with Crippen molar-refractivity contribution in [3.63, 3.8) is 0 Å². The molecule has 0 saturated carbocycles. The molecule has 6 nitrogen and oxygen atoms in total. The van der Waals surface area contributed by atoms with Gasteiger partial charge in [-0.3, -0.25) is 4.79 Å². The molecule has 4 rings (SSSR count). The van der Waals surface area contributed by atoms with E-state index in [0.29, 0.717) is 30.3 Å². The van der Waals surface area contributed by atoms with Crippen LogP contribution >= 0.6 is 0 Å². The second kappa shape index (κ2) is 7.44. The van der Waals surface area contributed by atoms with E-state index in [2.05, 4.69) is 5.32 Å². The van der Waals surface area contributed by atoms with Crippen LogP contribution in [0.15, 0.2) is 66.7 Å². The molecule has 0 spiro atoms. The number of fused-ring (bicyclic) bond motifs is 1. The Hall–Kier alpha value is -3.80. The van der Waals surface area contributed by atoms with Crippen molar-refractivity contribution in [1.29, 1.82) is 0 Å². The Morgan fingerprint density at radius 2 is 1.57 bits per heavy atom. The van der Waals surface area contributed by atoms with Crippen molar-refractivity contribution in [2.75, 3.05) is 18.5 Å². The number of hydrogen-bond acceptors (Lipinski definition) is 4. The molecule has 0 aliphatic carbocycles. The minimum Gasteiger partial charge on any atom is -0.486 e. The Kier molecular flexibility index (Phi) is 4.68.